The van der Waals surface area contributed by atoms with Gasteiger partial charge >= 0.3 is 0 Å². The first-order chi connectivity index (χ1) is 13.6. The lowest BCUT2D eigenvalue weighted by Gasteiger charge is -2.35. The van der Waals surface area contributed by atoms with Crippen LogP contribution in [0.4, 0.5) is 5.69 Å². The maximum atomic E-state index is 12.6. The van der Waals surface area contributed by atoms with Gasteiger partial charge in [-0.25, -0.2) is 4.99 Å². The van der Waals surface area contributed by atoms with Crippen LogP contribution < -0.4 is 10.2 Å². The molecule has 1 amide bonds. The molecule has 1 aromatic heterocycles. The molecule has 8 nitrogen and oxygen atoms in total. The van der Waals surface area contributed by atoms with Crippen LogP contribution >= 0.6 is 0 Å². The number of hydrogen-bond donors (Lipinski definition) is 1. The number of aromatic nitrogens is 2. The molecule has 2 heterocycles. The highest BCUT2D eigenvalue weighted by molar-refractivity contribution is 5.98. The van der Waals surface area contributed by atoms with Crippen LogP contribution in [0.15, 0.2) is 41.7 Å². The molecule has 3 rings (SSSR count). The number of amides is 1. The number of methoxy groups -OCH3 is 1. The Morgan fingerprint density at radius 3 is 2.61 bits per heavy atom. The molecular weight excluding hydrogens is 356 g/mol. The standard InChI is InChI=1S/C20H28N6O2/c1-4-21-20(22-11-16-5-7-17(8-6-16)15-28-3)25-9-10-26(19(27)14-25)18-12-23-24(2)13-18/h5-8,12-13H,4,9-11,14-15H2,1-3H3,(H,21,22). The highest BCUT2D eigenvalue weighted by atomic mass is 16.5. The molecule has 2 aromatic rings. The summed E-state index contributed by atoms with van der Waals surface area (Å²) in [6, 6.07) is 8.23. The van der Waals surface area contributed by atoms with E-state index in [1.54, 1.807) is 22.9 Å². The largest absolute Gasteiger partial charge is 0.380 e. The number of rotatable bonds is 6. The molecular formula is C20H28N6O2. The fraction of sp³-hybridized carbons (Fsp3) is 0.450. The number of carbonyl (C=O) groups is 1. The molecule has 0 unspecified atom stereocenters. The average molecular weight is 384 g/mol. The monoisotopic (exact) mass is 384 g/mol. The third kappa shape index (κ3) is 4.89. The number of aliphatic imine (C=N–C) groups is 1. The second kappa shape index (κ2) is 9.36. The Morgan fingerprint density at radius 1 is 1.25 bits per heavy atom. The Bertz CT molecular complexity index is 814. The van der Waals surface area contributed by atoms with Crippen LogP contribution in [0.2, 0.25) is 0 Å². The van der Waals surface area contributed by atoms with E-state index in [4.69, 9.17) is 9.73 Å². The zero-order valence-corrected chi connectivity index (χ0v) is 16.8. The lowest BCUT2D eigenvalue weighted by molar-refractivity contribution is -0.120. The summed E-state index contributed by atoms with van der Waals surface area (Å²) in [6.45, 7) is 5.58. The molecule has 8 heteroatoms. The zero-order chi connectivity index (χ0) is 19.9. The van der Waals surface area contributed by atoms with Gasteiger partial charge in [-0.15, -0.1) is 0 Å². The minimum atomic E-state index is 0.0498. The van der Waals surface area contributed by atoms with Crippen molar-refractivity contribution in [2.24, 2.45) is 12.0 Å². The second-order valence-corrected chi connectivity index (χ2v) is 6.76. The van der Waals surface area contributed by atoms with Crippen LogP contribution in [0.3, 0.4) is 0 Å². The molecule has 0 bridgehead atoms. The summed E-state index contributed by atoms with van der Waals surface area (Å²) in [5.74, 6) is 0.816. The van der Waals surface area contributed by atoms with E-state index < -0.39 is 0 Å². The fourth-order valence-electron chi connectivity index (χ4n) is 3.17. The van der Waals surface area contributed by atoms with Crippen LogP contribution in [0.25, 0.3) is 0 Å². The fourth-order valence-corrected chi connectivity index (χ4v) is 3.17. The number of guanidine groups is 1. The Labute approximate surface area is 165 Å². The number of ether oxygens (including phenoxy) is 1. The number of carbonyl (C=O) groups excluding carboxylic acids is 1. The summed E-state index contributed by atoms with van der Waals surface area (Å²) in [5.41, 5.74) is 3.10. The SMILES string of the molecule is CCNC(=NCc1ccc(COC)cc1)N1CCN(c2cnn(C)c2)C(=O)C1. The van der Waals surface area contributed by atoms with Gasteiger partial charge < -0.3 is 19.9 Å². The van der Waals surface area contributed by atoms with E-state index in [0.29, 0.717) is 26.2 Å². The van der Waals surface area contributed by atoms with E-state index in [2.05, 4.69) is 34.7 Å². The first-order valence-electron chi connectivity index (χ1n) is 9.49. The van der Waals surface area contributed by atoms with E-state index in [0.717, 1.165) is 35.9 Å². The molecule has 150 valence electrons. The normalized spacial score (nSPS) is 15.2. The molecule has 1 fully saturated rings. The van der Waals surface area contributed by atoms with Crippen molar-refractivity contribution in [2.45, 2.75) is 20.1 Å². The van der Waals surface area contributed by atoms with Crippen LogP contribution in [-0.4, -0.2) is 59.8 Å². The van der Waals surface area contributed by atoms with Gasteiger partial charge in [0.05, 0.1) is 25.0 Å². The lowest BCUT2D eigenvalue weighted by Crippen LogP contribution is -2.55. The van der Waals surface area contributed by atoms with Crippen LogP contribution in [0.1, 0.15) is 18.1 Å². The Morgan fingerprint density at radius 2 is 2.00 bits per heavy atom. The van der Waals surface area contributed by atoms with Crippen molar-refractivity contribution < 1.29 is 9.53 Å². The van der Waals surface area contributed by atoms with Gasteiger partial charge in [0.1, 0.15) is 6.54 Å². The number of nitrogens with zero attached hydrogens (tertiary/aromatic N) is 5. The Kier molecular flexibility index (Phi) is 6.65. The molecule has 1 aliphatic rings. The number of piperazine rings is 1. The van der Waals surface area contributed by atoms with Gasteiger partial charge in [0.15, 0.2) is 5.96 Å². The van der Waals surface area contributed by atoms with Crippen molar-refractivity contribution >= 4 is 17.6 Å². The van der Waals surface area contributed by atoms with Crippen molar-refractivity contribution in [2.75, 3.05) is 38.2 Å². The highest BCUT2D eigenvalue weighted by Gasteiger charge is 2.27. The van der Waals surface area contributed by atoms with Gasteiger partial charge in [-0.3, -0.25) is 9.48 Å². The minimum Gasteiger partial charge on any atom is -0.380 e. The number of benzene rings is 1. The molecule has 0 atom stereocenters. The van der Waals surface area contributed by atoms with Gasteiger partial charge in [-0.2, -0.15) is 5.10 Å². The molecule has 1 N–H and O–H groups in total. The van der Waals surface area contributed by atoms with Crippen molar-refractivity contribution in [3.63, 3.8) is 0 Å². The topological polar surface area (TPSA) is 75.0 Å². The summed E-state index contributed by atoms with van der Waals surface area (Å²) >= 11 is 0. The highest BCUT2D eigenvalue weighted by Crippen LogP contribution is 2.16. The van der Waals surface area contributed by atoms with Crippen LogP contribution in [0.5, 0.6) is 0 Å². The Balaban J connectivity index is 1.65. The van der Waals surface area contributed by atoms with Crippen LogP contribution in [0, 0.1) is 0 Å². The number of anilines is 1. The summed E-state index contributed by atoms with van der Waals surface area (Å²) in [6.07, 6.45) is 3.58. The predicted octanol–water partition coefficient (Wildman–Crippen LogP) is 1.38. The van der Waals surface area contributed by atoms with Gasteiger partial charge in [0.2, 0.25) is 5.91 Å². The summed E-state index contributed by atoms with van der Waals surface area (Å²) in [5, 5.41) is 7.46. The first-order valence-corrected chi connectivity index (χ1v) is 9.49. The quantitative estimate of drug-likeness (QED) is 0.602. The van der Waals surface area contributed by atoms with E-state index in [1.807, 2.05) is 25.1 Å². The van der Waals surface area contributed by atoms with Gasteiger partial charge in [0.25, 0.3) is 0 Å². The summed E-state index contributed by atoms with van der Waals surface area (Å²) in [4.78, 5) is 21.2. The first kappa shape index (κ1) is 19.9. The number of hydrogen-bond acceptors (Lipinski definition) is 4. The van der Waals surface area contributed by atoms with Crippen molar-refractivity contribution in [3.8, 4) is 0 Å². The van der Waals surface area contributed by atoms with Gasteiger partial charge in [-0.1, -0.05) is 24.3 Å². The van der Waals surface area contributed by atoms with Crippen molar-refractivity contribution in [3.05, 3.63) is 47.8 Å². The maximum Gasteiger partial charge on any atom is 0.246 e. The third-order valence-corrected chi connectivity index (χ3v) is 4.60. The molecule has 0 saturated carbocycles. The smallest absolute Gasteiger partial charge is 0.246 e. The lowest BCUT2D eigenvalue weighted by atomic mass is 10.1. The minimum absolute atomic E-state index is 0.0498. The van der Waals surface area contributed by atoms with Crippen molar-refractivity contribution in [1.29, 1.82) is 0 Å². The van der Waals surface area contributed by atoms with E-state index >= 15 is 0 Å². The van der Waals surface area contributed by atoms with Crippen molar-refractivity contribution in [1.82, 2.24) is 20.0 Å². The average Bonchev–Trinajstić information content (AvgIpc) is 3.12. The molecule has 0 radical (unpaired) electrons. The Hall–Kier alpha value is -2.87. The van der Waals surface area contributed by atoms with Gasteiger partial charge in [-0.05, 0) is 18.1 Å². The molecule has 0 aliphatic carbocycles. The summed E-state index contributed by atoms with van der Waals surface area (Å²) in [7, 11) is 3.54. The molecule has 1 aliphatic heterocycles. The molecule has 1 saturated heterocycles. The molecule has 0 spiro atoms. The third-order valence-electron chi connectivity index (χ3n) is 4.60. The van der Waals surface area contributed by atoms with Crippen LogP contribution in [-0.2, 0) is 29.7 Å². The number of nitrogens with one attached hydrogen (secondary N) is 1. The molecule has 28 heavy (non-hydrogen) atoms. The maximum absolute atomic E-state index is 12.6. The second-order valence-electron chi connectivity index (χ2n) is 6.76. The number of aryl methyl sites for hydroxylation is 1. The van der Waals surface area contributed by atoms with E-state index in [9.17, 15) is 4.79 Å². The van der Waals surface area contributed by atoms with E-state index in [-0.39, 0.29) is 5.91 Å². The summed E-state index contributed by atoms with van der Waals surface area (Å²) < 4.78 is 6.85. The zero-order valence-electron chi connectivity index (χ0n) is 16.8. The molecule has 1 aromatic carbocycles. The van der Waals surface area contributed by atoms with E-state index in [1.165, 1.54) is 0 Å². The van der Waals surface area contributed by atoms with Gasteiger partial charge in [0, 0.05) is 40.0 Å². The predicted molar refractivity (Wildman–Crippen MR) is 109 cm³/mol.